The maximum Gasteiger partial charge on any atom is 0.230 e. The summed E-state index contributed by atoms with van der Waals surface area (Å²) in [6.45, 7) is 0.322. The number of amides is 1. The van der Waals surface area contributed by atoms with Gasteiger partial charge >= 0.3 is 0 Å². The highest BCUT2D eigenvalue weighted by atomic mass is 32.2. The summed E-state index contributed by atoms with van der Waals surface area (Å²) in [5, 5.41) is 0.557. The number of benzene rings is 3. The third kappa shape index (κ3) is 4.98. The molecular weight excluding hydrogens is 444 g/mol. The van der Waals surface area contributed by atoms with Gasteiger partial charge in [-0.2, -0.15) is 0 Å². The van der Waals surface area contributed by atoms with Crippen molar-refractivity contribution >= 4 is 42.4 Å². The monoisotopic (exact) mass is 466 g/mol. The Hall–Kier alpha value is -3.23. The summed E-state index contributed by atoms with van der Waals surface area (Å²) in [6, 6.07) is 23.4. The van der Waals surface area contributed by atoms with Gasteiger partial charge in [0.05, 0.1) is 34.5 Å². The largest absolute Gasteiger partial charge is 0.497 e. The second-order valence-corrected chi connectivity index (χ2v) is 10.3. The molecule has 0 fully saturated rings. The predicted molar refractivity (Wildman–Crippen MR) is 127 cm³/mol. The Balaban J connectivity index is 1.56. The van der Waals surface area contributed by atoms with Gasteiger partial charge in [-0.3, -0.25) is 9.69 Å². The molecule has 164 valence electrons. The molecule has 0 N–H and O–H groups in total. The molecular formula is C24H22N2O4S2. The molecule has 0 spiro atoms. The van der Waals surface area contributed by atoms with E-state index in [9.17, 15) is 13.2 Å². The van der Waals surface area contributed by atoms with E-state index < -0.39 is 9.84 Å². The Morgan fingerprint density at radius 3 is 2.34 bits per heavy atom. The Kier molecular flexibility index (Phi) is 6.53. The molecule has 0 saturated heterocycles. The van der Waals surface area contributed by atoms with Gasteiger partial charge in [0.15, 0.2) is 15.0 Å². The summed E-state index contributed by atoms with van der Waals surface area (Å²) in [4.78, 5) is 19.6. The van der Waals surface area contributed by atoms with Crippen molar-refractivity contribution in [1.29, 1.82) is 0 Å². The number of sulfone groups is 1. The van der Waals surface area contributed by atoms with Crippen LogP contribution in [-0.4, -0.2) is 32.2 Å². The van der Waals surface area contributed by atoms with Gasteiger partial charge in [0.2, 0.25) is 5.91 Å². The van der Waals surface area contributed by atoms with Crippen LogP contribution in [0.5, 0.6) is 5.75 Å². The van der Waals surface area contributed by atoms with E-state index in [4.69, 9.17) is 4.74 Å². The Morgan fingerprint density at radius 2 is 1.66 bits per heavy atom. The van der Waals surface area contributed by atoms with E-state index in [1.807, 2.05) is 54.6 Å². The zero-order valence-electron chi connectivity index (χ0n) is 17.5. The second kappa shape index (κ2) is 9.50. The van der Waals surface area contributed by atoms with E-state index in [1.165, 1.54) is 30.6 Å². The fourth-order valence-corrected chi connectivity index (χ4v) is 5.47. The van der Waals surface area contributed by atoms with Crippen LogP contribution in [0.15, 0.2) is 83.8 Å². The number of thiazole rings is 1. The van der Waals surface area contributed by atoms with Crippen molar-refractivity contribution in [3.8, 4) is 5.75 Å². The number of methoxy groups -OCH3 is 1. The van der Waals surface area contributed by atoms with Crippen LogP contribution in [0.3, 0.4) is 0 Å². The molecule has 4 aromatic rings. The van der Waals surface area contributed by atoms with Crippen molar-refractivity contribution in [2.75, 3.05) is 17.8 Å². The highest BCUT2D eigenvalue weighted by Crippen LogP contribution is 2.30. The number of aromatic nitrogens is 1. The molecule has 8 heteroatoms. The van der Waals surface area contributed by atoms with Gasteiger partial charge in [-0.1, -0.05) is 53.8 Å². The van der Waals surface area contributed by atoms with Crippen molar-refractivity contribution < 1.29 is 17.9 Å². The van der Waals surface area contributed by atoms with Crippen LogP contribution in [0.25, 0.3) is 10.2 Å². The topological polar surface area (TPSA) is 76.6 Å². The minimum atomic E-state index is -3.61. The Bertz CT molecular complexity index is 1280. The molecule has 1 aromatic heterocycles. The van der Waals surface area contributed by atoms with Crippen molar-refractivity contribution in [3.05, 3.63) is 84.4 Å². The molecule has 3 aromatic carbocycles. The van der Waals surface area contributed by atoms with E-state index >= 15 is 0 Å². The molecule has 0 unspecified atom stereocenters. The minimum Gasteiger partial charge on any atom is -0.497 e. The molecule has 0 saturated carbocycles. The highest BCUT2D eigenvalue weighted by Gasteiger charge is 2.23. The first-order chi connectivity index (χ1) is 15.5. The van der Waals surface area contributed by atoms with Crippen LogP contribution < -0.4 is 9.64 Å². The number of ether oxygens (including phenoxy) is 1. The number of hydrogen-bond acceptors (Lipinski definition) is 6. The van der Waals surface area contributed by atoms with Crippen LogP contribution in [0.4, 0.5) is 5.13 Å². The zero-order valence-corrected chi connectivity index (χ0v) is 19.1. The maximum atomic E-state index is 13.2. The summed E-state index contributed by atoms with van der Waals surface area (Å²) in [5.41, 5.74) is 1.75. The number of para-hydroxylation sites is 1. The molecule has 1 heterocycles. The SMILES string of the molecule is COc1ccc(S(=O)(=O)CCC(=O)N(Cc2ccccc2)c2nc3ccccc3s2)cc1. The van der Waals surface area contributed by atoms with Crippen LogP contribution in [-0.2, 0) is 21.2 Å². The van der Waals surface area contributed by atoms with Gasteiger partial charge in [-0.05, 0) is 42.0 Å². The van der Waals surface area contributed by atoms with Crippen molar-refractivity contribution in [2.45, 2.75) is 17.9 Å². The lowest BCUT2D eigenvalue weighted by Gasteiger charge is -2.20. The molecule has 0 aliphatic carbocycles. The molecule has 1 amide bonds. The lowest BCUT2D eigenvalue weighted by molar-refractivity contribution is -0.118. The smallest absolute Gasteiger partial charge is 0.230 e. The van der Waals surface area contributed by atoms with E-state index in [1.54, 1.807) is 17.0 Å². The number of fused-ring (bicyclic) bond motifs is 1. The average molecular weight is 467 g/mol. The zero-order chi connectivity index (χ0) is 22.6. The lowest BCUT2D eigenvalue weighted by atomic mass is 10.2. The quantitative estimate of drug-likeness (QED) is 0.376. The van der Waals surface area contributed by atoms with Gasteiger partial charge < -0.3 is 4.74 Å². The third-order valence-electron chi connectivity index (χ3n) is 5.00. The van der Waals surface area contributed by atoms with Gasteiger partial charge in [0, 0.05) is 6.42 Å². The summed E-state index contributed by atoms with van der Waals surface area (Å²) in [6.07, 6.45) is -0.142. The minimum absolute atomic E-state index is 0.142. The summed E-state index contributed by atoms with van der Waals surface area (Å²) >= 11 is 1.42. The molecule has 0 aliphatic heterocycles. The number of hydrogen-bond donors (Lipinski definition) is 0. The van der Waals surface area contributed by atoms with E-state index in [2.05, 4.69) is 4.98 Å². The third-order valence-corrected chi connectivity index (χ3v) is 7.79. The Morgan fingerprint density at radius 1 is 0.969 bits per heavy atom. The predicted octanol–water partition coefficient (Wildman–Crippen LogP) is 4.70. The first-order valence-electron chi connectivity index (χ1n) is 10.0. The van der Waals surface area contributed by atoms with Crippen LogP contribution >= 0.6 is 11.3 Å². The summed E-state index contributed by atoms with van der Waals surface area (Å²) < 4.78 is 31.6. The van der Waals surface area contributed by atoms with Gasteiger partial charge in [-0.15, -0.1) is 0 Å². The fourth-order valence-electron chi connectivity index (χ4n) is 3.26. The first-order valence-corrected chi connectivity index (χ1v) is 12.5. The van der Waals surface area contributed by atoms with Gasteiger partial charge in [0.1, 0.15) is 5.75 Å². The molecule has 0 atom stereocenters. The number of anilines is 1. The molecule has 0 aliphatic rings. The summed E-state index contributed by atoms with van der Waals surface area (Å²) in [7, 11) is -2.09. The molecule has 32 heavy (non-hydrogen) atoms. The molecule has 0 bridgehead atoms. The van der Waals surface area contributed by atoms with Gasteiger partial charge in [0.25, 0.3) is 0 Å². The molecule has 6 nitrogen and oxygen atoms in total. The van der Waals surface area contributed by atoms with Crippen molar-refractivity contribution in [2.24, 2.45) is 0 Å². The number of carbonyl (C=O) groups excluding carboxylic acids is 1. The normalized spacial score (nSPS) is 11.4. The van der Waals surface area contributed by atoms with E-state index in [0.717, 1.165) is 15.8 Å². The van der Waals surface area contributed by atoms with Crippen molar-refractivity contribution in [3.63, 3.8) is 0 Å². The van der Waals surface area contributed by atoms with E-state index in [0.29, 0.717) is 17.4 Å². The summed E-state index contributed by atoms with van der Waals surface area (Å²) in [5.74, 6) is 0.00355. The number of carbonyl (C=O) groups is 1. The van der Waals surface area contributed by atoms with Crippen LogP contribution in [0.1, 0.15) is 12.0 Å². The highest BCUT2D eigenvalue weighted by molar-refractivity contribution is 7.91. The number of rotatable bonds is 8. The molecule has 0 radical (unpaired) electrons. The second-order valence-electron chi connectivity index (χ2n) is 7.17. The number of nitrogens with zero attached hydrogens (tertiary/aromatic N) is 2. The van der Waals surface area contributed by atoms with E-state index in [-0.39, 0.29) is 23.0 Å². The fraction of sp³-hybridized carbons (Fsp3) is 0.167. The van der Waals surface area contributed by atoms with Crippen LogP contribution in [0, 0.1) is 0 Å². The average Bonchev–Trinajstić information content (AvgIpc) is 3.26. The van der Waals surface area contributed by atoms with Crippen LogP contribution in [0.2, 0.25) is 0 Å². The van der Waals surface area contributed by atoms with Crippen molar-refractivity contribution in [1.82, 2.24) is 4.98 Å². The lowest BCUT2D eigenvalue weighted by Crippen LogP contribution is -2.31. The standard InChI is InChI=1S/C24H22N2O4S2/c1-30-19-11-13-20(14-12-19)32(28,29)16-15-23(27)26(17-18-7-3-2-4-8-18)24-25-21-9-5-6-10-22(21)31-24/h2-14H,15-17H2,1H3. The molecule has 4 rings (SSSR count). The Labute approximate surface area is 191 Å². The first kappa shape index (κ1) is 22.0. The van der Waals surface area contributed by atoms with Gasteiger partial charge in [-0.25, -0.2) is 13.4 Å². The maximum absolute atomic E-state index is 13.2.